The molecule has 0 bridgehead atoms. The average molecular weight is 330 g/mol. The molecular formula is C12H18N4O5S. The molecular weight excluding hydrogens is 312 g/mol. The molecule has 1 atom stereocenters. The van der Waals surface area contributed by atoms with Crippen LogP contribution in [0.4, 0.5) is 0 Å². The Morgan fingerprint density at radius 3 is 2.91 bits per heavy atom. The molecule has 1 saturated heterocycles. The van der Waals surface area contributed by atoms with E-state index in [0.29, 0.717) is 13.1 Å². The minimum Gasteiger partial charge on any atom is -0.477 e. The second-order valence-electron chi connectivity index (χ2n) is 5.27. The Morgan fingerprint density at radius 1 is 1.55 bits per heavy atom. The SMILES string of the molecule is CS(=O)(=O)N1CCCC(CNC(=O)c2nc[nH]c2C(=O)O)C1. The molecule has 1 aromatic heterocycles. The molecule has 1 amide bonds. The molecule has 0 radical (unpaired) electrons. The van der Waals surface area contributed by atoms with Crippen molar-refractivity contribution >= 4 is 21.9 Å². The van der Waals surface area contributed by atoms with Gasteiger partial charge in [-0.2, -0.15) is 0 Å². The van der Waals surface area contributed by atoms with E-state index in [1.54, 1.807) is 0 Å². The van der Waals surface area contributed by atoms with Gasteiger partial charge in [0.15, 0.2) is 11.4 Å². The van der Waals surface area contributed by atoms with E-state index < -0.39 is 21.9 Å². The smallest absolute Gasteiger partial charge is 0.354 e. The zero-order chi connectivity index (χ0) is 16.3. The van der Waals surface area contributed by atoms with E-state index in [4.69, 9.17) is 5.11 Å². The summed E-state index contributed by atoms with van der Waals surface area (Å²) in [6.45, 7) is 1.12. The lowest BCUT2D eigenvalue weighted by Gasteiger charge is -2.30. The van der Waals surface area contributed by atoms with Crippen molar-refractivity contribution in [2.24, 2.45) is 5.92 Å². The quantitative estimate of drug-likeness (QED) is 0.667. The number of amides is 1. The number of sulfonamides is 1. The summed E-state index contributed by atoms with van der Waals surface area (Å²) in [6.07, 6.45) is 3.84. The molecule has 122 valence electrons. The number of carboxylic acid groups (broad SMARTS) is 1. The van der Waals surface area contributed by atoms with Crippen molar-refractivity contribution in [2.45, 2.75) is 12.8 Å². The number of aromatic amines is 1. The summed E-state index contributed by atoms with van der Waals surface area (Å²) in [5.74, 6) is -1.85. The van der Waals surface area contributed by atoms with Gasteiger partial charge in [0.1, 0.15) is 0 Å². The fraction of sp³-hybridized carbons (Fsp3) is 0.583. The van der Waals surface area contributed by atoms with Gasteiger partial charge in [0.2, 0.25) is 10.0 Å². The Bertz CT molecular complexity index is 669. The van der Waals surface area contributed by atoms with Crippen LogP contribution in [0.15, 0.2) is 6.33 Å². The third-order valence-corrected chi connectivity index (χ3v) is 4.84. The number of carboxylic acids is 1. The first-order valence-corrected chi connectivity index (χ1v) is 8.64. The molecule has 22 heavy (non-hydrogen) atoms. The van der Waals surface area contributed by atoms with E-state index in [0.717, 1.165) is 25.4 Å². The van der Waals surface area contributed by atoms with Crippen LogP contribution >= 0.6 is 0 Å². The van der Waals surface area contributed by atoms with Gasteiger partial charge in [-0.1, -0.05) is 0 Å². The Hall–Kier alpha value is -1.94. The van der Waals surface area contributed by atoms with Gasteiger partial charge in [-0.15, -0.1) is 0 Å². The predicted octanol–water partition coefficient (Wildman–Crippen LogP) is -0.491. The van der Waals surface area contributed by atoms with Crippen LogP contribution in [-0.4, -0.2) is 65.6 Å². The van der Waals surface area contributed by atoms with E-state index in [-0.39, 0.29) is 23.9 Å². The summed E-state index contributed by atoms with van der Waals surface area (Å²) in [5.41, 5.74) is -0.442. The Morgan fingerprint density at radius 2 is 2.27 bits per heavy atom. The molecule has 0 spiro atoms. The van der Waals surface area contributed by atoms with Crippen molar-refractivity contribution in [1.29, 1.82) is 0 Å². The number of aromatic nitrogens is 2. The summed E-state index contributed by atoms with van der Waals surface area (Å²) >= 11 is 0. The minimum atomic E-state index is -3.23. The lowest BCUT2D eigenvalue weighted by Crippen LogP contribution is -2.43. The number of hydrogen-bond donors (Lipinski definition) is 3. The van der Waals surface area contributed by atoms with Gasteiger partial charge in [-0.3, -0.25) is 4.79 Å². The van der Waals surface area contributed by atoms with Gasteiger partial charge in [0.25, 0.3) is 5.91 Å². The van der Waals surface area contributed by atoms with Crippen LogP contribution in [0.2, 0.25) is 0 Å². The summed E-state index contributed by atoms with van der Waals surface area (Å²) in [7, 11) is -3.23. The van der Waals surface area contributed by atoms with E-state index in [2.05, 4.69) is 15.3 Å². The maximum Gasteiger partial charge on any atom is 0.354 e. The van der Waals surface area contributed by atoms with Crippen molar-refractivity contribution in [3.63, 3.8) is 0 Å². The third kappa shape index (κ3) is 3.83. The summed E-state index contributed by atoms with van der Waals surface area (Å²) in [6, 6.07) is 0. The number of H-pyrrole nitrogens is 1. The topological polar surface area (TPSA) is 132 Å². The largest absolute Gasteiger partial charge is 0.477 e. The number of hydrogen-bond acceptors (Lipinski definition) is 5. The number of nitrogens with zero attached hydrogens (tertiary/aromatic N) is 2. The molecule has 2 rings (SSSR count). The highest BCUT2D eigenvalue weighted by atomic mass is 32.2. The van der Waals surface area contributed by atoms with Crippen molar-refractivity contribution < 1.29 is 23.1 Å². The summed E-state index contributed by atoms with van der Waals surface area (Å²) in [5, 5.41) is 11.5. The average Bonchev–Trinajstić information content (AvgIpc) is 2.94. The summed E-state index contributed by atoms with van der Waals surface area (Å²) in [4.78, 5) is 29.0. The maximum atomic E-state index is 12.0. The molecule has 1 aliphatic rings. The van der Waals surface area contributed by atoms with Crippen molar-refractivity contribution in [3.05, 3.63) is 17.7 Å². The zero-order valence-electron chi connectivity index (χ0n) is 12.1. The van der Waals surface area contributed by atoms with Gasteiger partial charge in [0, 0.05) is 19.6 Å². The fourth-order valence-corrected chi connectivity index (χ4v) is 3.39. The zero-order valence-corrected chi connectivity index (χ0v) is 12.9. The first kappa shape index (κ1) is 16.4. The van der Waals surface area contributed by atoms with Gasteiger partial charge < -0.3 is 15.4 Å². The predicted molar refractivity (Wildman–Crippen MR) is 77.0 cm³/mol. The highest BCUT2D eigenvalue weighted by molar-refractivity contribution is 7.88. The monoisotopic (exact) mass is 330 g/mol. The standard InChI is InChI=1S/C12H18N4O5S/c1-22(20,21)16-4-2-3-8(6-16)5-13-11(17)9-10(12(18)19)15-7-14-9/h7-8H,2-6H2,1H3,(H,13,17)(H,14,15)(H,18,19). The van der Waals surface area contributed by atoms with Crippen molar-refractivity contribution in [2.75, 3.05) is 25.9 Å². The molecule has 3 N–H and O–H groups in total. The van der Waals surface area contributed by atoms with Crippen LogP contribution in [0.3, 0.4) is 0 Å². The van der Waals surface area contributed by atoms with Crippen LogP contribution < -0.4 is 5.32 Å². The summed E-state index contributed by atoms with van der Waals surface area (Å²) < 4.78 is 24.5. The number of carbonyl (C=O) groups is 2. The third-order valence-electron chi connectivity index (χ3n) is 3.57. The molecule has 0 saturated carbocycles. The van der Waals surface area contributed by atoms with Crippen LogP contribution in [-0.2, 0) is 10.0 Å². The molecule has 1 fully saturated rings. The number of aromatic carboxylic acids is 1. The number of rotatable bonds is 5. The first-order chi connectivity index (χ1) is 10.3. The van der Waals surface area contributed by atoms with Crippen molar-refractivity contribution in [1.82, 2.24) is 19.6 Å². The number of nitrogens with one attached hydrogen (secondary N) is 2. The molecule has 9 nitrogen and oxygen atoms in total. The Balaban J connectivity index is 1.94. The van der Waals surface area contributed by atoms with Gasteiger partial charge in [0.05, 0.1) is 12.6 Å². The maximum absolute atomic E-state index is 12.0. The molecule has 1 unspecified atom stereocenters. The van der Waals surface area contributed by atoms with Crippen LogP contribution in [0.25, 0.3) is 0 Å². The molecule has 10 heteroatoms. The normalized spacial score (nSPS) is 19.8. The fourth-order valence-electron chi connectivity index (χ4n) is 2.44. The number of piperidine rings is 1. The Kier molecular flexibility index (Phi) is 4.81. The van der Waals surface area contributed by atoms with E-state index in [1.165, 1.54) is 4.31 Å². The van der Waals surface area contributed by atoms with Gasteiger partial charge in [-0.05, 0) is 18.8 Å². The highest BCUT2D eigenvalue weighted by Gasteiger charge is 2.27. The first-order valence-electron chi connectivity index (χ1n) is 6.79. The van der Waals surface area contributed by atoms with Crippen LogP contribution in [0.1, 0.15) is 33.8 Å². The van der Waals surface area contributed by atoms with E-state index in [9.17, 15) is 18.0 Å². The Labute approximate surface area is 127 Å². The number of carbonyl (C=O) groups excluding carboxylic acids is 1. The highest BCUT2D eigenvalue weighted by Crippen LogP contribution is 2.18. The molecule has 1 aromatic rings. The number of imidazole rings is 1. The second kappa shape index (κ2) is 6.44. The molecule has 0 aromatic carbocycles. The second-order valence-corrected chi connectivity index (χ2v) is 7.25. The lowest BCUT2D eigenvalue weighted by molar-refractivity contribution is 0.0684. The van der Waals surface area contributed by atoms with Crippen LogP contribution in [0.5, 0.6) is 0 Å². The van der Waals surface area contributed by atoms with Gasteiger partial charge >= 0.3 is 5.97 Å². The van der Waals surface area contributed by atoms with E-state index >= 15 is 0 Å². The molecule has 1 aliphatic heterocycles. The van der Waals surface area contributed by atoms with Crippen LogP contribution in [0, 0.1) is 5.92 Å². The molecule has 2 heterocycles. The van der Waals surface area contributed by atoms with Crippen molar-refractivity contribution in [3.8, 4) is 0 Å². The molecule has 0 aliphatic carbocycles. The lowest BCUT2D eigenvalue weighted by atomic mass is 10.00. The van der Waals surface area contributed by atoms with E-state index in [1.807, 2.05) is 0 Å². The minimum absolute atomic E-state index is 0.000329. The van der Waals surface area contributed by atoms with Gasteiger partial charge in [-0.25, -0.2) is 22.5 Å².